The second-order valence-corrected chi connectivity index (χ2v) is 9.97. The second kappa shape index (κ2) is 12.9. The summed E-state index contributed by atoms with van der Waals surface area (Å²) < 4.78 is 5.76. The highest BCUT2D eigenvalue weighted by molar-refractivity contribution is 5.89. The number of hydrogen-bond acceptors (Lipinski definition) is 3. The van der Waals surface area contributed by atoms with Crippen LogP contribution in [-0.4, -0.2) is 12.1 Å². The number of benzene rings is 1. The number of ether oxygens (including phenoxy) is 1. The van der Waals surface area contributed by atoms with Gasteiger partial charge in [-0.05, 0) is 80.5 Å². The Balaban J connectivity index is 1.30. The predicted molar refractivity (Wildman–Crippen MR) is 126 cm³/mol. The number of unbranched alkanes of at least 4 members (excludes halogenated alkanes) is 5. The summed E-state index contributed by atoms with van der Waals surface area (Å²) in [6.07, 6.45) is 20.1. The molecule has 0 atom stereocenters. The minimum absolute atomic E-state index is 0.0587. The quantitative estimate of drug-likeness (QED) is 0.284. The van der Waals surface area contributed by atoms with E-state index in [-0.39, 0.29) is 12.1 Å². The fraction of sp³-hybridized carbons (Fsp3) is 0.714. The van der Waals surface area contributed by atoms with Crippen molar-refractivity contribution < 1.29 is 9.53 Å². The molecule has 0 heterocycles. The van der Waals surface area contributed by atoms with E-state index in [0.717, 1.165) is 30.6 Å². The van der Waals surface area contributed by atoms with E-state index in [1.165, 1.54) is 83.5 Å². The number of rotatable bonds is 10. The van der Waals surface area contributed by atoms with E-state index >= 15 is 0 Å². The van der Waals surface area contributed by atoms with Gasteiger partial charge in [0.15, 0.2) is 0 Å². The van der Waals surface area contributed by atoms with Gasteiger partial charge in [-0.2, -0.15) is 5.26 Å². The summed E-state index contributed by atoms with van der Waals surface area (Å²) >= 11 is 0. The third kappa shape index (κ3) is 7.67. The Kier molecular flexibility index (Phi) is 9.91. The van der Waals surface area contributed by atoms with Crippen molar-refractivity contribution in [1.82, 2.24) is 0 Å². The maximum Gasteiger partial charge on any atom is 0.338 e. The molecule has 31 heavy (non-hydrogen) atoms. The molecule has 1 aromatic rings. The molecular formula is C28H41NO2. The Labute approximate surface area is 189 Å². The van der Waals surface area contributed by atoms with Gasteiger partial charge in [0, 0.05) is 0 Å². The van der Waals surface area contributed by atoms with Crippen molar-refractivity contribution in [2.45, 2.75) is 109 Å². The molecule has 0 aliphatic heterocycles. The maximum atomic E-state index is 12.4. The Morgan fingerprint density at radius 3 is 2.06 bits per heavy atom. The fourth-order valence-corrected chi connectivity index (χ4v) is 5.74. The molecule has 0 N–H and O–H groups in total. The van der Waals surface area contributed by atoms with Crippen molar-refractivity contribution >= 4 is 5.97 Å². The summed E-state index contributed by atoms with van der Waals surface area (Å²) in [5.74, 6) is 2.46. The van der Waals surface area contributed by atoms with Gasteiger partial charge in [-0.1, -0.05) is 64.7 Å². The molecule has 0 radical (unpaired) electrons. The minimum Gasteiger partial charge on any atom is -0.459 e. The van der Waals surface area contributed by atoms with Crippen LogP contribution in [0.5, 0.6) is 0 Å². The largest absolute Gasteiger partial charge is 0.459 e. The van der Waals surface area contributed by atoms with Crippen LogP contribution in [0.15, 0.2) is 24.3 Å². The van der Waals surface area contributed by atoms with Crippen LogP contribution in [0.25, 0.3) is 0 Å². The Morgan fingerprint density at radius 2 is 1.45 bits per heavy atom. The second-order valence-electron chi connectivity index (χ2n) is 9.97. The lowest BCUT2D eigenvalue weighted by atomic mass is 9.70. The average Bonchev–Trinajstić information content (AvgIpc) is 2.82. The molecule has 2 fully saturated rings. The smallest absolute Gasteiger partial charge is 0.338 e. The Hall–Kier alpha value is -1.82. The van der Waals surface area contributed by atoms with E-state index < -0.39 is 0 Å². The van der Waals surface area contributed by atoms with E-state index in [2.05, 4.69) is 13.0 Å². The lowest BCUT2D eigenvalue weighted by Crippen LogP contribution is -2.29. The fourth-order valence-electron chi connectivity index (χ4n) is 5.74. The van der Waals surface area contributed by atoms with Gasteiger partial charge in [-0.3, -0.25) is 0 Å². The van der Waals surface area contributed by atoms with E-state index in [1.54, 1.807) is 24.3 Å². The zero-order chi connectivity index (χ0) is 21.9. The molecular weight excluding hydrogens is 382 g/mol. The normalized spacial score (nSPS) is 26.2. The molecule has 3 rings (SSSR count). The van der Waals surface area contributed by atoms with Crippen LogP contribution in [-0.2, 0) is 4.74 Å². The number of hydrogen-bond donors (Lipinski definition) is 0. The lowest BCUT2D eigenvalue weighted by molar-refractivity contribution is 0.0109. The van der Waals surface area contributed by atoms with Crippen molar-refractivity contribution in [3.8, 4) is 6.07 Å². The van der Waals surface area contributed by atoms with Crippen molar-refractivity contribution in [2.75, 3.05) is 0 Å². The lowest BCUT2D eigenvalue weighted by Gasteiger charge is -2.37. The highest BCUT2D eigenvalue weighted by Crippen LogP contribution is 2.41. The molecule has 3 nitrogen and oxygen atoms in total. The van der Waals surface area contributed by atoms with Crippen LogP contribution in [0.4, 0.5) is 0 Å². The molecule has 0 aromatic heterocycles. The molecule has 1 aromatic carbocycles. The van der Waals surface area contributed by atoms with Crippen LogP contribution in [0.2, 0.25) is 0 Å². The van der Waals surface area contributed by atoms with Gasteiger partial charge in [-0.15, -0.1) is 0 Å². The molecule has 0 saturated heterocycles. The molecule has 2 saturated carbocycles. The standard InChI is InChI=1S/C28H41NO2/c1-2-3-4-5-6-7-8-22-9-13-24(14-10-22)25-17-19-27(20-18-25)31-28(30)26-15-11-23(21-29)12-16-26/h11-12,15-16,22,24-25,27H,2-10,13-14,17-20H2,1H3. The summed E-state index contributed by atoms with van der Waals surface area (Å²) in [7, 11) is 0. The first-order valence-corrected chi connectivity index (χ1v) is 12.9. The van der Waals surface area contributed by atoms with Crippen molar-refractivity contribution in [3.63, 3.8) is 0 Å². The number of carbonyl (C=O) groups excluding carboxylic acids is 1. The third-order valence-electron chi connectivity index (χ3n) is 7.77. The minimum atomic E-state index is -0.247. The highest BCUT2D eigenvalue weighted by atomic mass is 16.5. The molecule has 2 aliphatic carbocycles. The van der Waals surface area contributed by atoms with Gasteiger partial charge in [-0.25, -0.2) is 4.79 Å². The number of esters is 1. The zero-order valence-corrected chi connectivity index (χ0v) is 19.5. The predicted octanol–water partition coefficient (Wildman–Crippen LogP) is 7.83. The molecule has 2 aliphatic rings. The molecule has 0 amide bonds. The first-order chi connectivity index (χ1) is 15.2. The number of nitrogens with zero attached hydrogens (tertiary/aromatic N) is 1. The molecule has 0 unspecified atom stereocenters. The van der Waals surface area contributed by atoms with Crippen molar-refractivity contribution in [2.24, 2.45) is 17.8 Å². The monoisotopic (exact) mass is 423 g/mol. The van der Waals surface area contributed by atoms with Crippen LogP contribution < -0.4 is 0 Å². The summed E-state index contributed by atoms with van der Waals surface area (Å²) in [4.78, 5) is 12.4. The molecule has 0 bridgehead atoms. The van der Waals surface area contributed by atoms with Crippen LogP contribution in [0, 0.1) is 29.1 Å². The van der Waals surface area contributed by atoms with Crippen LogP contribution in [0.3, 0.4) is 0 Å². The Morgan fingerprint density at radius 1 is 0.871 bits per heavy atom. The number of nitriles is 1. The van der Waals surface area contributed by atoms with Crippen molar-refractivity contribution in [1.29, 1.82) is 5.26 Å². The third-order valence-corrected chi connectivity index (χ3v) is 7.77. The van der Waals surface area contributed by atoms with E-state index in [9.17, 15) is 4.79 Å². The molecule has 0 spiro atoms. The van der Waals surface area contributed by atoms with Gasteiger partial charge in [0.25, 0.3) is 0 Å². The van der Waals surface area contributed by atoms with E-state index in [1.807, 2.05) is 0 Å². The summed E-state index contributed by atoms with van der Waals surface area (Å²) in [6, 6.07) is 8.82. The van der Waals surface area contributed by atoms with Gasteiger partial charge < -0.3 is 4.74 Å². The number of carbonyl (C=O) groups is 1. The van der Waals surface area contributed by atoms with Crippen LogP contribution >= 0.6 is 0 Å². The topological polar surface area (TPSA) is 50.1 Å². The van der Waals surface area contributed by atoms with Gasteiger partial charge in [0.1, 0.15) is 6.10 Å². The average molecular weight is 424 g/mol. The summed E-state index contributed by atoms with van der Waals surface area (Å²) in [5.41, 5.74) is 1.11. The maximum absolute atomic E-state index is 12.4. The SMILES string of the molecule is CCCCCCCCC1CCC(C2CCC(OC(=O)c3ccc(C#N)cc3)CC2)CC1. The van der Waals surface area contributed by atoms with Crippen LogP contribution in [0.1, 0.15) is 119 Å². The zero-order valence-electron chi connectivity index (χ0n) is 19.5. The van der Waals surface area contributed by atoms with E-state index in [0.29, 0.717) is 11.1 Å². The van der Waals surface area contributed by atoms with E-state index in [4.69, 9.17) is 10.00 Å². The highest BCUT2D eigenvalue weighted by Gasteiger charge is 2.32. The van der Waals surface area contributed by atoms with Gasteiger partial charge >= 0.3 is 5.97 Å². The van der Waals surface area contributed by atoms with Gasteiger partial charge in [0.05, 0.1) is 17.2 Å². The van der Waals surface area contributed by atoms with Crippen molar-refractivity contribution in [3.05, 3.63) is 35.4 Å². The van der Waals surface area contributed by atoms with Gasteiger partial charge in [0.2, 0.25) is 0 Å². The summed E-state index contributed by atoms with van der Waals surface area (Å²) in [5, 5.41) is 8.88. The first kappa shape index (κ1) is 23.8. The first-order valence-electron chi connectivity index (χ1n) is 12.9. The summed E-state index contributed by atoms with van der Waals surface area (Å²) in [6.45, 7) is 2.29. The molecule has 3 heteroatoms. The Bertz CT molecular complexity index is 689. The molecule has 170 valence electrons.